The van der Waals surface area contributed by atoms with Crippen LogP contribution in [0.15, 0.2) is 85.1 Å². The van der Waals surface area contributed by atoms with E-state index in [1.807, 2.05) is 86.6 Å². The van der Waals surface area contributed by atoms with Gasteiger partial charge in [0.1, 0.15) is 5.01 Å². The number of thiazole rings is 1. The van der Waals surface area contributed by atoms with Crippen molar-refractivity contribution in [2.45, 2.75) is 26.3 Å². The summed E-state index contributed by atoms with van der Waals surface area (Å²) in [7, 11) is 0. The Morgan fingerprint density at radius 2 is 1.83 bits per heavy atom. The van der Waals surface area contributed by atoms with Crippen LogP contribution in [0.25, 0.3) is 20.8 Å². The van der Waals surface area contributed by atoms with Crippen LogP contribution in [0, 0.1) is 13.8 Å². The van der Waals surface area contributed by atoms with Crippen LogP contribution >= 0.6 is 22.9 Å². The summed E-state index contributed by atoms with van der Waals surface area (Å²) in [6.07, 6.45) is 2.07. The topological polar surface area (TPSA) is 54.9 Å². The van der Waals surface area contributed by atoms with Gasteiger partial charge in [-0.25, -0.2) is 4.98 Å². The van der Waals surface area contributed by atoms with Gasteiger partial charge in [-0.3, -0.25) is 9.78 Å². The number of rotatable bonds is 6. The second-order valence-electron chi connectivity index (χ2n) is 8.55. The first-order valence-electron chi connectivity index (χ1n) is 11.4. The molecular formula is C29H24ClN3OS. The molecule has 4 nitrogen and oxygen atoms in total. The fourth-order valence-corrected chi connectivity index (χ4v) is 5.58. The lowest BCUT2D eigenvalue weighted by Gasteiger charge is -2.22. The van der Waals surface area contributed by atoms with Crippen LogP contribution < -0.4 is 5.32 Å². The summed E-state index contributed by atoms with van der Waals surface area (Å²) in [6, 6.07) is 25.5. The Kier molecular flexibility index (Phi) is 6.62. The van der Waals surface area contributed by atoms with E-state index < -0.39 is 0 Å². The number of nitrogens with one attached hydrogen (secondary N) is 1. The van der Waals surface area contributed by atoms with Gasteiger partial charge in [-0.1, -0.05) is 54.1 Å². The third-order valence-electron chi connectivity index (χ3n) is 6.04. The van der Waals surface area contributed by atoms with E-state index in [0.717, 1.165) is 48.7 Å². The molecule has 0 aliphatic heterocycles. The molecule has 0 saturated carbocycles. The number of fused-ring (bicyclic) bond motifs is 1. The Bertz CT molecular complexity index is 1510. The zero-order chi connectivity index (χ0) is 24.4. The summed E-state index contributed by atoms with van der Waals surface area (Å²) in [5, 5.41) is 4.87. The average Bonchev–Trinajstić information content (AvgIpc) is 3.27. The minimum atomic E-state index is -0.256. The average molecular weight is 498 g/mol. The Morgan fingerprint density at radius 3 is 2.60 bits per heavy atom. The SMILES string of the molecule is Cc1cc(Cl)ccc1C(NC(=O)Cc1ccc2nc(-c3cccnc3C)sc2c1)c1ccccc1. The minimum Gasteiger partial charge on any atom is -0.345 e. The van der Waals surface area contributed by atoms with Crippen LogP contribution in [-0.4, -0.2) is 15.9 Å². The van der Waals surface area contributed by atoms with E-state index in [1.54, 1.807) is 17.5 Å². The summed E-state index contributed by atoms with van der Waals surface area (Å²) in [5.41, 5.74) is 6.97. The first-order valence-corrected chi connectivity index (χ1v) is 12.6. The number of carbonyl (C=O) groups excluding carboxylic acids is 1. The van der Waals surface area contributed by atoms with Crippen LogP contribution in [0.3, 0.4) is 0 Å². The molecule has 35 heavy (non-hydrogen) atoms. The highest BCUT2D eigenvalue weighted by molar-refractivity contribution is 7.21. The zero-order valence-electron chi connectivity index (χ0n) is 19.5. The van der Waals surface area contributed by atoms with Gasteiger partial charge in [0.2, 0.25) is 5.91 Å². The highest BCUT2D eigenvalue weighted by Crippen LogP contribution is 2.32. The number of carbonyl (C=O) groups is 1. The molecule has 3 aromatic carbocycles. The maximum absolute atomic E-state index is 13.2. The van der Waals surface area contributed by atoms with E-state index in [4.69, 9.17) is 16.6 Å². The van der Waals surface area contributed by atoms with Gasteiger partial charge >= 0.3 is 0 Å². The van der Waals surface area contributed by atoms with Gasteiger partial charge in [-0.15, -0.1) is 11.3 Å². The molecule has 0 saturated heterocycles. The number of halogens is 1. The summed E-state index contributed by atoms with van der Waals surface area (Å²) in [6.45, 7) is 4.01. The fraction of sp³-hybridized carbons (Fsp3) is 0.138. The highest BCUT2D eigenvalue weighted by Gasteiger charge is 2.19. The van der Waals surface area contributed by atoms with Crippen molar-refractivity contribution in [3.8, 4) is 10.6 Å². The predicted octanol–water partition coefficient (Wildman–Crippen LogP) is 7.08. The largest absolute Gasteiger partial charge is 0.345 e. The third kappa shape index (κ3) is 5.11. The first kappa shape index (κ1) is 23.2. The van der Waals surface area contributed by atoms with E-state index in [-0.39, 0.29) is 18.4 Å². The molecule has 0 aliphatic rings. The number of amides is 1. The predicted molar refractivity (Wildman–Crippen MR) is 144 cm³/mol. The third-order valence-corrected chi connectivity index (χ3v) is 7.32. The van der Waals surface area contributed by atoms with E-state index >= 15 is 0 Å². The smallest absolute Gasteiger partial charge is 0.225 e. The zero-order valence-corrected chi connectivity index (χ0v) is 21.0. The van der Waals surface area contributed by atoms with Crippen molar-refractivity contribution in [2.75, 3.05) is 0 Å². The molecule has 5 aromatic rings. The van der Waals surface area contributed by atoms with Gasteiger partial charge in [0.15, 0.2) is 0 Å². The first-order chi connectivity index (χ1) is 17.0. The molecule has 1 unspecified atom stereocenters. The van der Waals surface area contributed by atoms with Gasteiger partial charge in [0.25, 0.3) is 0 Å². The molecule has 1 amide bonds. The maximum atomic E-state index is 13.2. The number of aromatic nitrogens is 2. The monoisotopic (exact) mass is 497 g/mol. The lowest BCUT2D eigenvalue weighted by Crippen LogP contribution is -2.31. The van der Waals surface area contributed by atoms with Crippen LogP contribution in [0.1, 0.15) is 34.0 Å². The summed E-state index contributed by atoms with van der Waals surface area (Å²) in [5.74, 6) is -0.0413. The highest BCUT2D eigenvalue weighted by atomic mass is 35.5. The molecule has 1 N–H and O–H groups in total. The van der Waals surface area contributed by atoms with Crippen molar-refractivity contribution in [1.82, 2.24) is 15.3 Å². The normalized spacial score (nSPS) is 12.0. The molecule has 0 spiro atoms. The standard InChI is InChI=1S/C29H24ClN3OS/c1-18-15-22(30)11-12-23(18)28(21-7-4-3-5-8-21)33-27(34)17-20-10-13-25-26(16-20)35-29(32-25)24-9-6-14-31-19(24)2/h3-16,28H,17H2,1-2H3,(H,33,34). The molecule has 1 atom stereocenters. The second kappa shape index (κ2) is 9.98. The van der Waals surface area contributed by atoms with Crippen molar-refractivity contribution in [2.24, 2.45) is 0 Å². The van der Waals surface area contributed by atoms with Crippen LogP contribution in [0.2, 0.25) is 5.02 Å². The molecule has 2 heterocycles. The molecule has 5 rings (SSSR count). The number of nitrogens with zero attached hydrogens (tertiary/aromatic N) is 2. The Morgan fingerprint density at radius 1 is 1.00 bits per heavy atom. The molecule has 6 heteroatoms. The maximum Gasteiger partial charge on any atom is 0.225 e. The lowest BCUT2D eigenvalue weighted by atomic mass is 9.94. The van der Waals surface area contributed by atoms with Crippen molar-refractivity contribution in [1.29, 1.82) is 0 Å². The van der Waals surface area contributed by atoms with Gasteiger partial charge in [-0.2, -0.15) is 0 Å². The minimum absolute atomic E-state index is 0.0413. The number of aryl methyl sites for hydroxylation is 2. The summed E-state index contributed by atoms with van der Waals surface area (Å²) >= 11 is 7.80. The lowest BCUT2D eigenvalue weighted by molar-refractivity contribution is -0.120. The van der Waals surface area contributed by atoms with Crippen LogP contribution in [0.5, 0.6) is 0 Å². The van der Waals surface area contributed by atoms with E-state index in [2.05, 4.69) is 16.4 Å². The number of hydrogen-bond acceptors (Lipinski definition) is 4. The molecule has 0 radical (unpaired) electrons. The molecule has 0 bridgehead atoms. The molecule has 0 aliphatic carbocycles. The van der Waals surface area contributed by atoms with E-state index in [9.17, 15) is 4.79 Å². The molecule has 0 fully saturated rings. The van der Waals surface area contributed by atoms with E-state index in [1.165, 1.54) is 0 Å². The summed E-state index contributed by atoms with van der Waals surface area (Å²) in [4.78, 5) is 22.4. The van der Waals surface area contributed by atoms with Crippen LogP contribution in [0.4, 0.5) is 0 Å². The number of benzene rings is 3. The van der Waals surface area contributed by atoms with Gasteiger partial charge in [0, 0.05) is 22.5 Å². The van der Waals surface area contributed by atoms with Crippen molar-refractivity contribution in [3.05, 3.63) is 118 Å². The van der Waals surface area contributed by atoms with Crippen molar-refractivity contribution in [3.63, 3.8) is 0 Å². The Hall–Kier alpha value is -3.54. The Labute approximate surface area is 213 Å². The quantitative estimate of drug-likeness (QED) is 0.273. The molecule has 174 valence electrons. The van der Waals surface area contributed by atoms with Gasteiger partial charge in [-0.05, 0) is 72.5 Å². The van der Waals surface area contributed by atoms with Crippen molar-refractivity contribution < 1.29 is 4.79 Å². The number of pyridine rings is 1. The summed E-state index contributed by atoms with van der Waals surface area (Å²) < 4.78 is 1.06. The van der Waals surface area contributed by atoms with Gasteiger partial charge < -0.3 is 5.32 Å². The van der Waals surface area contributed by atoms with Crippen LogP contribution in [-0.2, 0) is 11.2 Å². The second-order valence-corrected chi connectivity index (χ2v) is 10.0. The van der Waals surface area contributed by atoms with Crippen molar-refractivity contribution >= 4 is 39.1 Å². The Balaban J connectivity index is 1.39. The number of hydrogen-bond donors (Lipinski definition) is 1. The fourth-order valence-electron chi connectivity index (χ4n) is 4.25. The van der Waals surface area contributed by atoms with E-state index in [0.29, 0.717) is 5.02 Å². The molecule has 2 aromatic heterocycles. The van der Waals surface area contributed by atoms with Gasteiger partial charge in [0.05, 0.1) is 22.7 Å². The molecular weight excluding hydrogens is 474 g/mol.